The van der Waals surface area contributed by atoms with Crippen LogP contribution in [0.1, 0.15) is 45.6 Å². The number of hydrogen-bond donors (Lipinski definition) is 2. The number of nitrogens with one attached hydrogen (secondary N) is 2. The first-order chi connectivity index (χ1) is 12.0. The summed E-state index contributed by atoms with van der Waals surface area (Å²) in [5.74, 6) is 2.45. The fraction of sp³-hybridized carbons (Fsp3) is 0.600. The van der Waals surface area contributed by atoms with E-state index in [2.05, 4.69) is 34.4 Å². The Labute approximate surface area is 151 Å². The van der Waals surface area contributed by atoms with Crippen LogP contribution in [0.2, 0.25) is 0 Å². The molecule has 0 radical (unpaired) electrons. The van der Waals surface area contributed by atoms with Crippen molar-refractivity contribution in [3.63, 3.8) is 0 Å². The topological polar surface area (TPSA) is 56.7 Å². The minimum absolute atomic E-state index is 0.0714. The molecular weight excluding hydrogens is 312 g/mol. The summed E-state index contributed by atoms with van der Waals surface area (Å²) >= 11 is 0. The lowest BCUT2D eigenvalue weighted by Crippen LogP contribution is -2.48. The predicted molar refractivity (Wildman–Crippen MR) is 105 cm³/mol. The summed E-state index contributed by atoms with van der Waals surface area (Å²) in [6, 6.07) is 8.00. The van der Waals surface area contributed by atoms with E-state index >= 15 is 0 Å². The Morgan fingerprint density at radius 2 is 1.84 bits per heavy atom. The molecule has 25 heavy (non-hydrogen) atoms. The van der Waals surface area contributed by atoms with E-state index in [4.69, 9.17) is 0 Å². The van der Waals surface area contributed by atoms with Crippen LogP contribution in [0.15, 0.2) is 29.3 Å². The minimum Gasteiger partial charge on any atom is -0.352 e. The summed E-state index contributed by atoms with van der Waals surface area (Å²) in [4.78, 5) is 18.4. The molecule has 1 heterocycles. The van der Waals surface area contributed by atoms with E-state index in [1.54, 1.807) is 0 Å². The van der Waals surface area contributed by atoms with E-state index in [1.165, 1.54) is 12.0 Å². The Balaban J connectivity index is 1.88. The number of amides is 1. The molecule has 5 heteroatoms. The molecule has 2 unspecified atom stereocenters. The SMILES string of the molecule is CCCC(=O)Nc1ccc(CNC(=NC)N2CC(C)CC(C)C2)cc1. The van der Waals surface area contributed by atoms with Crippen molar-refractivity contribution in [2.75, 3.05) is 25.5 Å². The first kappa shape index (κ1) is 19.3. The maximum absolute atomic E-state index is 11.6. The maximum Gasteiger partial charge on any atom is 0.224 e. The van der Waals surface area contributed by atoms with Crippen LogP contribution in [0, 0.1) is 11.8 Å². The van der Waals surface area contributed by atoms with Gasteiger partial charge in [0.2, 0.25) is 5.91 Å². The first-order valence-electron chi connectivity index (χ1n) is 9.36. The molecule has 5 nitrogen and oxygen atoms in total. The van der Waals surface area contributed by atoms with E-state index in [-0.39, 0.29) is 5.91 Å². The van der Waals surface area contributed by atoms with Crippen molar-refractivity contribution in [1.29, 1.82) is 0 Å². The van der Waals surface area contributed by atoms with Gasteiger partial charge >= 0.3 is 0 Å². The molecule has 2 atom stereocenters. The molecule has 1 aromatic rings. The summed E-state index contributed by atoms with van der Waals surface area (Å²) < 4.78 is 0. The van der Waals surface area contributed by atoms with Gasteiger partial charge in [0.25, 0.3) is 0 Å². The second-order valence-corrected chi connectivity index (χ2v) is 7.25. The Bertz CT molecular complexity index is 572. The fourth-order valence-electron chi connectivity index (χ4n) is 3.51. The zero-order valence-electron chi connectivity index (χ0n) is 16.0. The average Bonchev–Trinajstić information content (AvgIpc) is 2.56. The van der Waals surface area contributed by atoms with Crippen molar-refractivity contribution in [2.45, 2.75) is 46.6 Å². The second-order valence-electron chi connectivity index (χ2n) is 7.25. The van der Waals surface area contributed by atoms with Crippen molar-refractivity contribution >= 4 is 17.6 Å². The Hall–Kier alpha value is -2.04. The summed E-state index contributed by atoms with van der Waals surface area (Å²) in [6.45, 7) is 9.47. The van der Waals surface area contributed by atoms with Gasteiger partial charge in [-0.05, 0) is 42.4 Å². The van der Waals surface area contributed by atoms with E-state index in [0.29, 0.717) is 18.3 Å². The highest BCUT2D eigenvalue weighted by molar-refractivity contribution is 5.90. The highest BCUT2D eigenvalue weighted by Crippen LogP contribution is 2.21. The molecule has 0 aliphatic carbocycles. The lowest BCUT2D eigenvalue weighted by Gasteiger charge is -2.37. The van der Waals surface area contributed by atoms with Gasteiger partial charge in [0, 0.05) is 38.8 Å². The molecular formula is C20H32N4O. The van der Waals surface area contributed by atoms with Crippen LogP contribution in [0.3, 0.4) is 0 Å². The highest BCUT2D eigenvalue weighted by atomic mass is 16.1. The van der Waals surface area contributed by atoms with Gasteiger partial charge < -0.3 is 15.5 Å². The van der Waals surface area contributed by atoms with E-state index in [9.17, 15) is 4.79 Å². The number of carbonyl (C=O) groups is 1. The molecule has 138 valence electrons. The van der Waals surface area contributed by atoms with Crippen molar-refractivity contribution in [2.24, 2.45) is 16.8 Å². The first-order valence-corrected chi connectivity index (χ1v) is 9.36. The third kappa shape index (κ3) is 6.07. The van der Waals surface area contributed by atoms with Crippen LogP contribution in [-0.2, 0) is 11.3 Å². The van der Waals surface area contributed by atoms with Gasteiger partial charge in [0.05, 0.1) is 0 Å². The molecule has 1 amide bonds. The molecule has 1 saturated heterocycles. The van der Waals surface area contributed by atoms with Crippen molar-refractivity contribution in [1.82, 2.24) is 10.2 Å². The number of anilines is 1. The molecule has 0 saturated carbocycles. The van der Waals surface area contributed by atoms with Gasteiger partial charge in [-0.1, -0.05) is 32.9 Å². The molecule has 0 bridgehead atoms. The molecule has 2 rings (SSSR count). The number of guanidine groups is 1. The number of piperidine rings is 1. The number of nitrogens with zero attached hydrogens (tertiary/aromatic N) is 2. The third-order valence-electron chi connectivity index (χ3n) is 4.55. The Kier molecular flexibility index (Phi) is 7.29. The van der Waals surface area contributed by atoms with Gasteiger partial charge in [0.15, 0.2) is 5.96 Å². The van der Waals surface area contributed by atoms with Crippen LogP contribution in [0.4, 0.5) is 5.69 Å². The van der Waals surface area contributed by atoms with E-state index in [0.717, 1.165) is 37.7 Å². The average molecular weight is 345 g/mol. The standard InChI is InChI=1S/C20H32N4O/c1-5-6-19(25)23-18-9-7-17(8-10-18)12-22-20(21-4)24-13-15(2)11-16(3)14-24/h7-10,15-16H,5-6,11-14H2,1-4H3,(H,21,22)(H,23,25). The summed E-state index contributed by atoms with van der Waals surface area (Å²) in [7, 11) is 1.85. The highest BCUT2D eigenvalue weighted by Gasteiger charge is 2.23. The summed E-state index contributed by atoms with van der Waals surface area (Å²) in [5, 5.41) is 6.38. The van der Waals surface area contributed by atoms with E-state index in [1.807, 2.05) is 38.2 Å². The Morgan fingerprint density at radius 1 is 1.20 bits per heavy atom. The maximum atomic E-state index is 11.6. The van der Waals surface area contributed by atoms with Crippen LogP contribution in [0.25, 0.3) is 0 Å². The molecule has 1 fully saturated rings. The van der Waals surface area contributed by atoms with Crippen LogP contribution in [-0.4, -0.2) is 36.9 Å². The lowest BCUT2D eigenvalue weighted by molar-refractivity contribution is -0.116. The molecule has 0 aromatic heterocycles. The van der Waals surface area contributed by atoms with Crippen LogP contribution < -0.4 is 10.6 Å². The second kappa shape index (κ2) is 9.44. The largest absolute Gasteiger partial charge is 0.352 e. The van der Waals surface area contributed by atoms with Crippen molar-refractivity contribution in [3.8, 4) is 0 Å². The van der Waals surface area contributed by atoms with Crippen LogP contribution in [0.5, 0.6) is 0 Å². The number of likely N-dealkylation sites (tertiary alicyclic amines) is 1. The normalized spacial score (nSPS) is 21.1. The number of carbonyl (C=O) groups excluding carboxylic acids is 1. The Morgan fingerprint density at radius 3 is 2.40 bits per heavy atom. The van der Waals surface area contributed by atoms with Gasteiger partial charge in [0.1, 0.15) is 0 Å². The number of aliphatic imine (C=N–C) groups is 1. The minimum atomic E-state index is 0.0714. The predicted octanol–water partition coefficient (Wildman–Crippen LogP) is 3.48. The summed E-state index contributed by atoms with van der Waals surface area (Å²) in [5.41, 5.74) is 2.03. The number of benzene rings is 1. The van der Waals surface area contributed by atoms with Crippen molar-refractivity contribution in [3.05, 3.63) is 29.8 Å². The van der Waals surface area contributed by atoms with Gasteiger partial charge in [-0.15, -0.1) is 0 Å². The monoisotopic (exact) mass is 344 g/mol. The van der Waals surface area contributed by atoms with Crippen LogP contribution >= 0.6 is 0 Å². The zero-order chi connectivity index (χ0) is 18.2. The molecule has 1 aliphatic heterocycles. The number of rotatable bonds is 5. The van der Waals surface area contributed by atoms with Gasteiger partial charge in [-0.2, -0.15) is 0 Å². The molecule has 1 aromatic carbocycles. The van der Waals surface area contributed by atoms with Gasteiger partial charge in [-0.25, -0.2) is 0 Å². The van der Waals surface area contributed by atoms with Gasteiger partial charge in [-0.3, -0.25) is 9.79 Å². The van der Waals surface area contributed by atoms with Crippen molar-refractivity contribution < 1.29 is 4.79 Å². The molecule has 0 spiro atoms. The molecule has 1 aliphatic rings. The quantitative estimate of drug-likeness (QED) is 0.635. The smallest absolute Gasteiger partial charge is 0.224 e. The molecule has 2 N–H and O–H groups in total. The zero-order valence-corrected chi connectivity index (χ0v) is 16.0. The fourth-order valence-corrected chi connectivity index (χ4v) is 3.51. The number of hydrogen-bond acceptors (Lipinski definition) is 2. The lowest BCUT2D eigenvalue weighted by atomic mass is 9.92. The summed E-state index contributed by atoms with van der Waals surface area (Å²) in [6.07, 6.45) is 2.71. The third-order valence-corrected chi connectivity index (χ3v) is 4.55. The van der Waals surface area contributed by atoms with E-state index < -0.39 is 0 Å².